The summed E-state index contributed by atoms with van der Waals surface area (Å²) in [5, 5.41) is 0. The van der Waals surface area contributed by atoms with E-state index in [-0.39, 0.29) is 5.78 Å². The highest BCUT2D eigenvalue weighted by Crippen LogP contribution is 2.29. The van der Waals surface area contributed by atoms with Crippen molar-refractivity contribution in [1.82, 2.24) is 4.98 Å². The Morgan fingerprint density at radius 1 is 1.06 bits per heavy atom. The molecule has 1 aromatic heterocycles. The van der Waals surface area contributed by atoms with Gasteiger partial charge in [-0.3, -0.25) is 4.79 Å². The molecule has 18 heavy (non-hydrogen) atoms. The topological polar surface area (TPSA) is 30.0 Å². The molecule has 0 saturated heterocycles. The predicted molar refractivity (Wildman–Crippen MR) is 77.2 cm³/mol. The lowest BCUT2D eigenvalue weighted by Gasteiger charge is -2.01. The zero-order chi connectivity index (χ0) is 12.5. The molecule has 0 bridgehead atoms. The van der Waals surface area contributed by atoms with E-state index in [1.165, 1.54) is 11.3 Å². The summed E-state index contributed by atoms with van der Waals surface area (Å²) in [6.07, 6.45) is 0. The summed E-state index contributed by atoms with van der Waals surface area (Å²) in [5.41, 5.74) is 2.11. The molecule has 0 aliphatic carbocycles. The Morgan fingerprint density at radius 3 is 2.61 bits per heavy atom. The second-order valence-corrected chi connectivity index (χ2v) is 6.12. The molecule has 0 aliphatic rings. The molecule has 0 radical (unpaired) electrons. The fraction of sp³-hybridized carbons (Fsp3) is 0. The van der Waals surface area contributed by atoms with Crippen LogP contribution in [-0.4, -0.2) is 10.8 Å². The van der Waals surface area contributed by atoms with E-state index in [9.17, 15) is 4.79 Å². The molecule has 0 saturated carbocycles. The molecule has 3 rings (SSSR count). The van der Waals surface area contributed by atoms with Crippen LogP contribution < -0.4 is 0 Å². The monoisotopic (exact) mass is 317 g/mol. The maximum atomic E-state index is 12.4. The zero-order valence-corrected chi connectivity index (χ0v) is 11.7. The van der Waals surface area contributed by atoms with Crippen molar-refractivity contribution in [2.75, 3.05) is 0 Å². The van der Waals surface area contributed by atoms with Gasteiger partial charge in [0.05, 0.1) is 10.2 Å². The number of carbonyl (C=O) groups excluding carboxylic acids is 1. The quantitative estimate of drug-likeness (QED) is 0.660. The van der Waals surface area contributed by atoms with Crippen molar-refractivity contribution >= 4 is 43.3 Å². The lowest BCUT2D eigenvalue weighted by Crippen LogP contribution is -2.01. The van der Waals surface area contributed by atoms with Gasteiger partial charge in [0, 0.05) is 11.1 Å². The van der Waals surface area contributed by atoms with Gasteiger partial charge in [0.2, 0.25) is 0 Å². The highest BCUT2D eigenvalue weighted by Gasteiger charge is 2.14. The molecule has 2 aromatic carbocycles. The minimum Gasteiger partial charge on any atom is -0.289 e. The van der Waals surface area contributed by atoms with Gasteiger partial charge in [-0.25, -0.2) is 4.98 Å². The lowest BCUT2D eigenvalue weighted by molar-refractivity contribution is 0.104. The van der Waals surface area contributed by atoms with Gasteiger partial charge in [0.1, 0.15) is 0 Å². The normalized spacial score (nSPS) is 10.7. The van der Waals surface area contributed by atoms with Crippen LogP contribution in [0.2, 0.25) is 0 Å². The molecule has 0 fully saturated rings. The fourth-order valence-corrected chi connectivity index (χ4v) is 3.27. The van der Waals surface area contributed by atoms with Crippen LogP contribution >= 0.6 is 27.3 Å². The molecule has 3 aromatic rings. The third kappa shape index (κ3) is 1.98. The molecule has 2 nitrogen and oxygen atoms in total. The molecule has 88 valence electrons. The maximum absolute atomic E-state index is 12.4. The molecule has 0 amide bonds. The van der Waals surface area contributed by atoms with Gasteiger partial charge in [-0.15, -0.1) is 11.3 Å². The molecular formula is C14H8BrNOS. The number of rotatable bonds is 2. The summed E-state index contributed by atoms with van der Waals surface area (Å²) in [6.45, 7) is 0. The van der Waals surface area contributed by atoms with Crippen LogP contribution in [0.15, 0.2) is 52.4 Å². The van der Waals surface area contributed by atoms with E-state index in [1.54, 1.807) is 0 Å². The second-order valence-electron chi connectivity index (χ2n) is 3.81. The van der Waals surface area contributed by atoms with Crippen LogP contribution in [0.3, 0.4) is 0 Å². The van der Waals surface area contributed by atoms with Crippen LogP contribution in [0.25, 0.3) is 10.2 Å². The summed E-state index contributed by atoms with van der Waals surface area (Å²) < 4.78 is 1.81. The molecular weight excluding hydrogens is 310 g/mol. The standard InChI is InChI=1S/C14H8BrNOS/c15-14-16-12-10(7-4-8-11(12)18-14)13(17)9-5-2-1-3-6-9/h1-8H. The third-order valence-electron chi connectivity index (χ3n) is 2.67. The molecule has 0 unspecified atom stereocenters. The van der Waals surface area contributed by atoms with E-state index in [4.69, 9.17) is 0 Å². The number of thiazole rings is 1. The Labute approximate surface area is 116 Å². The highest BCUT2D eigenvalue weighted by molar-refractivity contribution is 9.11. The fourth-order valence-electron chi connectivity index (χ4n) is 1.85. The Bertz CT molecular complexity index is 721. The number of aromatic nitrogens is 1. The Hall–Kier alpha value is -1.52. The SMILES string of the molecule is O=C(c1ccccc1)c1cccc2sc(Br)nc12. The summed E-state index contributed by atoms with van der Waals surface area (Å²) in [4.78, 5) is 16.8. The van der Waals surface area contributed by atoms with Gasteiger partial charge in [-0.05, 0) is 28.1 Å². The lowest BCUT2D eigenvalue weighted by atomic mass is 10.0. The Morgan fingerprint density at radius 2 is 1.83 bits per heavy atom. The van der Waals surface area contributed by atoms with Crippen LogP contribution in [0.1, 0.15) is 15.9 Å². The smallest absolute Gasteiger partial charge is 0.195 e. The number of halogens is 1. The number of fused-ring (bicyclic) bond motifs is 1. The van der Waals surface area contributed by atoms with E-state index < -0.39 is 0 Å². The zero-order valence-electron chi connectivity index (χ0n) is 9.26. The summed E-state index contributed by atoms with van der Waals surface area (Å²) in [5.74, 6) is 0.0130. The first-order valence-corrected chi connectivity index (χ1v) is 7.01. The molecule has 1 heterocycles. The molecule has 0 spiro atoms. The first-order chi connectivity index (χ1) is 8.75. The second kappa shape index (κ2) is 4.63. The number of hydrogen-bond donors (Lipinski definition) is 0. The third-order valence-corrected chi connectivity index (χ3v) is 4.15. The van der Waals surface area contributed by atoms with Crippen molar-refractivity contribution < 1.29 is 4.79 Å². The van der Waals surface area contributed by atoms with E-state index in [0.717, 1.165) is 14.1 Å². The average Bonchev–Trinajstić information content (AvgIpc) is 2.79. The van der Waals surface area contributed by atoms with Gasteiger partial charge in [0.15, 0.2) is 9.70 Å². The molecule has 0 aliphatic heterocycles. The van der Waals surface area contributed by atoms with E-state index >= 15 is 0 Å². The number of carbonyl (C=O) groups is 1. The number of hydrogen-bond acceptors (Lipinski definition) is 3. The van der Waals surface area contributed by atoms with Crippen LogP contribution in [0.4, 0.5) is 0 Å². The van der Waals surface area contributed by atoms with Gasteiger partial charge < -0.3 is 0 Å². The van der Waals surface area contributed by atoms with Gasteiger partial charge in [0.25, 0.3) is 0 Å². The minimum absolute atomic E-state index is 0.0130. The Kier molecular flexibility index (Phi) is 2.97. The van der Waals surface area contributed by atoms with Crippen LogP contribution in [0.5, 0.6) is 0 Å². The van der Waals surface area contributed by atoms with Crippen molar-refractivity contribution in [2.24, 2.45) is 0 Å². The largest absolute Gasteiger partial charge is 0.289 e. The summed E-state index contributed by atoms with van der Waals surface area (Å²) in [7, 11) is 0. The average molecular weight is 318 g/mol. The predicted octanol–water partition coefficient (Wildman–Crippen LogP) is 4.29. The summed E-state index contributed by atoms with van der Waals surface area (Å²) in [6, 6.07) is 15.0. The number of benzene rings is 2. The minimum atomic E-state index is 0.0130. The van der Waals surface area contributed by atoms with Crippen molar-refractivity contribution in [3.63, 3.8) is 0 Å². The van der Waals surface area contributed by atoms with E-state index in [0.29, 0.717) is 11.1 Å². The van der Waals surface area contributed by atoms with Crippen LogP contribution in [0, 0.1) is 0 Å². The first-order valence-electron chi connectivity index (χ1n) is 5.40. The van der Waals surface area contributed by atoms with E-state index in [2.05, 4.69) is 20.9 Å². The van der Waals surface area contributed by atoms with Gasteiger partial charge >= 0.3 is 0 Å². The molecule has 4 heteroatoms. The van der Waals surface area contributed by atoms with Crippen LogP contribution in [-0.2, 0) is 0 Å². The first kappa shape index (κ1) is 11.6. The van der Waals surface area contributed by atoms with Crippen molar-refractivity contribution in [3.8, 4) is 0 Å². The molecule has 0 atom stereocenters. The summed E-state index contributed by atoms with van der Waals surface area (Å²) >= 11 is 4.89. The molecule has 0 N–H and O–H groups in total. The Balaban J connectivity index is 2.18. The van der Waals surface area contributed by atoms with Crippen molar-refractivity contribution in [1.29, 1.82) is 0 Å². The highest BCUT2D eigenvalue weighted by atomic mass is 79.9. The van der Waals surface area contributed by atoms with Crippen molar-refractivity contribution in [2.45, 2.75) is 0 Å². The van der Waals surface area contributed by atoms with Gasteiger partial charge in [-0.2, -0.15) is 0 Å². The van der Waals surface area contributed by atoms with Gasteiger partial charge in [-0.1, -0.05) is 36.4 Å². The van der Waals surface area contributed by atoms with E-state index in [1.807, 2.05) is 48.5 Å². The number of ketones is 1. The number of para-hydroxylation sites is 1. The van der Waals surface area contributed by atoms with Crippen molar-refractivity contribution in [3.05, 3.63) is 63.6 Å². The number of nitrogens with zero attached hydrogens (tertiary/aromatic N) is 1. The maximum Gasteiger partial charge on any atom is 0.195 e.